The zero-order valence-corrected chi connectivity index (χ0v) is 9.68. The first-order valence-corrected chi connectivity index (χ1v) is 4.66. The van der Waals surface area contributed by atoms with Crippen LogP contribution in [0, 0.1) is 0 Å². The highest BCUT2D eigenvalue weighted by Gasteiger charge is 2.04. The van der Waals surface area contributed by atoms with Crippen LogP contribution in [0.5, 0.6) is 5.75 Å². The predicted molar refractivity (Wildman–Crippen MR) is 62.6 cm³/mol. The van der Waals surface area contributed by atoms with Crippen LogP contribution in [0.1, 0.15) is 6.42 Å². The summed E-state index contributed by atoms with van der Waals surface area (Å²) in [7, 11) is 0. The van der Waals surface area contributed by atoms with Gasteiger partial charge < -0.3 is 15.8 Å². The van der Waals surface area contributed by atoms with Gasteiger partial charge in [-0.05, 0) is 24.3 Å². The fourth-order valence-corrected chi connectivity index (χ4v) is 1.07. The SMILES string of the molecule is Cl.NCCC(=O)Nc1ccc(OC(F)F)cc1. The number of carbonyl (C=O) groups is 1. The summed E-state index contributed by atoms with van der Waals surface area (Å²) in [6.07, 6.45) is 0.218. The Labute approximate surface area is 104 Å². The maximum atomic E-state index is 11.8. The van der Waals surface area contributed by atoms with Crippen molar-refractivity contribution >= 4 is 24.0 Å². The maximum absolute atomic E-state index is 11.8. The molecule has 0 aliphatic rings. The number of hydrogen-bond acceptors (Lipinski definition) is 3. The van der Waals surface area contributed by atoms with Gasteiger partial charge in [-0.1, -0.05) is 0 Å². The molecule has 4 nitrogen and oxygen atoms in total. The van der Waals surface area contributed by atoms with Gasteiger partial charge in [0.1, 0.15) is 5.75 Å². The molecular formula is C10H13ClF2N2O2. The molecule has 0 atom stereocenters. The van der Waals surface area contributed by atoms with Gasteiger partial charge in [0.15, 0.2) is 0 Å². The molecule has 0 aliphatic heterocycles. The Bertz CT molecular complexity index is 347. The zero-order valence-electron chi connectivity index (χ0n) is 8.86. The summed E-state index contributed by atoms with van der Waals surface area (Å²) in [6, 6.07) is 5.66. The first kappa shape index (κ1) is 15.6. The highest BCUT2D eigenvalue weighted by molar-refractivity contribution is 5.90. The molecule has 0 bridgehead atoms. The first-order chi connectivity index (χ1) is 7.61. The summed E-state index contributed by atoms with van der Waals surface area (Å²) >= 11 is 0. The molecular weight excluding hydrogens is 254 g/mol. The Morgan fingerprint density at radius 2 is 1.94 bits per heavy atom. The average molecular weight is 267 g/mol. The van der Waals surface area contributed by atoms with Crippen molar-refractivity contribution in [2.75, 3.05) is 11.9 Å². The molecule has 0 saturated carbocycles. The van der Waals surface area contributed by atoms with Crippen LogP contribution in [-0.2, 0) is 4.79 Å². The van der Waals surface area contributed by atoms with Gasteiger partial charge in [0.25, 0.3) is 0 Å². The van der Waals surface area contributed by atoms with Crippen molar-refractivity contribution in [1.82, 2.24) is 0 Å². The van der Waals surface area contributed by atoms with Crippen molar-refractivity contribution < 1.29 is 18.3 Å². The second-order valence-electron chi connectivity index (χ2n) is 2.99. The zero-order chi connectivity index (χ0) is 12.0. The van der Waals surface area contributed by atoms with E-state index in [4.69, 9.17) is 5.73 Å². The Kier molecular flexibility index (Phi) is 7.16. The monoisotopic (exact) mass is 266 g/mol. The number of ether oxygens (including phenoxy) is 1. The number of anilines is 1. The van der Waals surface area contributed by atoms with Gasteiger partial charge in [0.2, 0.25) is 5.91 Å². The first-order valence-electron chi connectivity index (χ1n) is 4.66. The van der Waals surface area contributed by atoms with E-state index in [1.807, 2.05) is 0 Å². The van der Waals surface area contributed by atoms with Gasteiger partial charge in [-0.25, -0.2) is 0 Å². The highest BCUT2D eigenvalue weighted by atomic mass is 35.5. The standard InChI is InChI=1S/C10H12F2N2O2.ClH/c11-10(12)16-8-3-1-7(2-4-8)14-9(15)5-6-13;/h1-4,10H,5-6,13H2,(H,14,15);1H. The lowest BCUT2D eigenvalue weighted by Crippen LogP contribution is -2.16. The van der Waals surface area contributed by atoms with Crippen LogP contribution in [0.2, 0.25) is 0 Å². The smallest absolute Gasteiger partial charge is 0.387 e. The number of amides is 1. The number of hydrogen-bond donors (Lipinski definition) is 2. The molecule has 0 heterocycles. The Hall–Kier alpha value is -1.40. The van der Waals surface area contributed by atoms with E-state index in [1.165, 1.54) is 24.3 Å². The number of nitrogens with two attached hydrogens (primary N) is 1. The molecule has 96 valence electrons. The quantitative estimate of drug-likeness (QED) is 0.857. The molecule has 0 unspecified atom stereocenters. The molecule has 0 radical (unpaired) electrons. The lowest BCUT2D eigenvalue weighted by Gasteiger charge is -2.06. The molecule has 0 aliphatic carbocycles. The summed E-state index contributed by atoms with van der Waals surface area (Å²) in [6.45, 7) is -2.59. The predicted octanol–water partition coefficient (Wildman–Crippen LogP) is 2.00. The third-order valence-electron chi connectivity index (χ3n) is 1.73. The average Bonchev–Trinajstić information content (AvgIpc) is 2.20. The number of carbonyl (C=O) groups excluding carboxylic acids is 1. The van der Waals surface area contributed by atoms with Gasteiger partial charge in [-0.3, -0.25) is 4.79 Å². The topological polar surface area (TPSA) is 64.4 Å². The van der Waals surface area contributed by atoms with Crippen molar-refractivity contribution in [1.29, 1.82) is 0 Å². The normalized spacial score (nSPS) is 9.65. The van der Waals surface area contributed by atoms with Crippen LogP contribution in [-0.4, -0.2) is 19.1 Å². The Morgan fingerprint density at radius 3 is 2.41 bits per heavy atom. The minimum atomic E-state index is -2.85. The number of nitrogens with one attached hydrogen (secondary N) is 1. The Balaban J connectivity index is 0.00000256. The van der Waals surface area contributed by atoms with Crippen LogP contribution in [0.25, 0.3) is 0 Å². The van der Waals surface area contributed by atoms with Gasteiger partial charge >= 0.3 is 6.61 Å². The Morgan fingerprint density at radius 1 is 1.35 bits per heavy atom. The van der Waals surface area contributed by atoms with E-state index in [0.29, 0.717) is 5.69 Å². The summed E-state index contributed by atoms with van der Waals surface area (Å²) in [5.41, 5.74) is 5.71. The van der Waals surface area contributed by atoms with Crippen molar-refractivity contribution in [2.24, 2.45) is 5.73 Å². The molecule has 1 aromatic carbocycles. The van der Waals surface area contributed by atoms with Gasteiger partial charge in [0.05, 0.1) is 0 Å². The summed E-state index contributed by atoms with van der Waals surface area (Å²) < 4.78 is 27.8. The molecule has 1 aromatic rings. The molecule has 7 heteroatoms. The summed E-state index contributed by atoms with van der Waals surface area (Å²) in [5, 5.41) is 2.56. The van der Waals surface area contributed by atoms with Crippen LogP contribution < -0.4 is 15.8 Å². The molecule has 1 amide bonds. The van der Waals surface area contributed by atoms with Crippen LogP contribution in [0.3, 0.4) is 0 Å². The minimum Gasteiger partial charge on any atom is -0.435 e. The van der Waals surface area contributed by atoms with E-state index >= 15 is 0 Å². The van der Waals surface area contributed by atoms with Crippen molar-refractivity contribution in [3.8, 4) is 5.75 Å². The molecule has 0 saturated heterocycles. The van der Waals surface area contributed by atoms with E-state index in [9.17, 15) is 13.6 Å². The fraction of sp³-hybridized carbons (Fsp3) is 0.300. The number of halogens is 3. The van der Waals surface area contributed by atoms with Gasteiger partial charge in [0, 0.05) is 18.7 Å². The van der Waals surface area contributed by atoms with Crippen LogP contribution in [0.4, 0.5) is 14.5 Å². The third-order valence-corrected chi connectivity index (χ3v) is 1.73. The molecule has 17 heavy (non-hydrogen) atoms. The molecule has 3 N–H and O–H groups in total. The molecule has 0 spiro atoms. The number of benzene rings is 1. The van der Waals surface area contributed by atoms with E-state index in [2.05, 4.69) is 10.1 Å². The van der Waals surface area contributed by atoms with Crippen molar-refractivity contribution in [3.05, 3.63) is 24.3 Å². The molecule has 0 aromatic heterocycles. The fourth-order valence-electron chi connectivity index (χ4n) is 1.07. The van der Waals surface area contributed by atoms with Gasteiger partial charge in [-0.15, -0.1) is 12.4 Å². The van der Waals surface area contributed by atoms with E-state index in [-0.39, 0.29) is 37.0 Å². The maximum Gasteiger partial charge on any atom is 0.387 e. The van der Waals surface area contributed by atoms with Crippen molar-refractivity contribution in [2.45, 2.75) is 13.0 Å². The third kappa shape index (κ3) is 6.03. The number of alkyl halides is 2. The second kappa shape index (κ2) is 7.81. The summed E-state index contributed by atoms with van der Waals surface area (Å²) in [5.74, 6) is -0.170. The summed E-state index contributed by atoms with van der Waals surface area (Å²) in [4.78, 5) is 11.1. The van der Waals surface area contributed by atoms with E-state index in [1.54, 1.807) is 0 Å². The number of rotatable bonds is 5. The van der Waals surface area contributed by atoms with E-state index < -0.39 is 6.61 Å². The van der Waals surface area contributed by atoms with Crippen LogP contribution in [0.15, 0.2) is 24.3 Å². The lowest BCUT2D eigenvalue weighted by molar-refractivity contribution is -0.116. The highest BCUT2D eigenvalue weighted by Crippen LogP contribution is 2.17. The van der Waals surface area contributed by atoms with Crippen LogP contribution >= 0.6 is 12.4 Å². The molecule has 1 rings (SSSR count). The molecule has 0 fully saturated rings. The van der Waals surface area contributed by atoms with Gasteiger partial charge in [-0.2, -0.15) is 8.78 Å². The largest absolute Gasteiger partial charge is 0.435 e. The second-order valence-corrected chi connectivity index (χ2v) is 2.99. The van der Waals surface area contributed by atoms with Crippen molar-refractivity contribution in [3.63, 3.8) is 0 Å². The lowest BCUT2D eigenvalue weighted by atomic mass is 10.3. The minimum absolute atomic E-state index is 0. The van der Waals surface area contributed by atoms with E-state index in [0.717, 1.165) is 0 Å².